The van der Waals surface area contributed by atoms with Crippen LogP contribution in [0.2, 0.25) is 0 Å². The van der Waals surface area contributed by atoms with Gasteiger partial charge >= 0.3 is 17.8 Å². The Morgan fingerprint density at radius 1 is 1.11 bits per heavy atom. The molecule has 0 radical (unpaired) electrons. The molecule has 1 atom stereocenters. The Morgan fingerprint density at radius 3 is 2.29 bits per heavy atom. The second-order valence-corrected chi connectivity index (χ2v) is 10.5. The Kier molecular flexibility index (Phi) is 5.66. The van der Waals surface area contributed by atoms with Crippen LogP contribution in [0.15, 0.2) is 41.2 Å². The molecule has 0 bridgehead atoms. The van der Waals surface area contributed by atoms with Gasteiger partial charge in [-0.25, -0.2) is 9.37 Å². The number of hydrogen-bond acceptors (Lipinski definition) is 4. The van der Waals surface area contributed by atoms with Crippen molar-refractivity contribution >= 4 is 32.8 Å². The Bertz CT molecular complexity index is 1410. The Balaban J connectivity index is 2.10. The van der Waals surface area contributed by atoms with Gasteiger partial charge in [0.1, 0.15) is 5.82 Å². The first-order valence-electron chi connectivity index (χ1n) is 10.5. The average Bonchev–Trinajstić information content (AvgIpc) is 2.86. The lowest BCUT2D eigenvalue weighted by atomic mass is 9.92. The summed E-state index contributed by atoms with van der Waals surface area (Å²) in [6, 6.07) is 7.96. The van der Waals surface area contributed by atoms with E-state index in [1.54, 1.807) is 26.8 Å². The lowest BCUT2D eigenvalue weighted by molar-refractivity contribution is -0.239. The third-order valence-corrected chi connectivity index (χ3v) is 6.77. The fourth-order valence-corrected chi connectivity index (χ4v) is 4.63. The molecule has 0 amide bonds. The Hall–Kier alpha value is -2.82. The number of benzene rings is 2. The summed E-state index contributed by atoms with van der Waals surface area (Å²) >= 11 is 2.21. The number of rotatable bonds is 3. The van der Waals surface area contributed by atoms with Crippen molar-refractivity contribution in [1.82, 2.24) is 9.55 Å². The van der Waals surface area contributed by atoms with E-state index >= 15 is 4.39 Å². The highest BCUT2D eigenvalue weighted by molar-refractivity contribution is 9.09. The number of esters is 1. The van der Waals surface area contributed by atoms with E-state index < -0.39 is 56.8 Å². The molecule has 0 aliphatic heterocycles. The number of nitrogens with zero attached hydrogens (tertiary/aromatic N) is 2. The normalized spacial score (nSPS) is 20.6. The van der Waals surface area contributed by atoms with Crippen molar-refractivity contribution in [3.05, 3.63) is 63.7 Å². The van der Waals surface area contributed by atoms with Crippen molar-refractivity contribution in [2.24, 2.45) is 5.41 Å². The summed E-state index contributed by atoms with van der Waals surface area (Å²) in [7, 11) is 0. The standard InChI is InChI=1S/C24H20BrF5N2O3/c1-12-31-15-10-14-18(22(25,26)24(29,30)23(14,27)28)16(13-8-6-5-7-9-13)17(15)19(33)32(12)11-35-20(34)21(2,3)4/h5-10H,11H2,1-4H3. The number of carbonyl (C=O) groups is 1. The van der Waals surface area contributed by atoms with Gasteiger partial charge in [0, 0.05) is 16.7 Å². The van der Waals surface area contributed by atoms with Gasteiger partial charge in [-0.3, -0.25) is 14.2 Å². The molecule has 186 valence electrons. The highest BCUT2D eigenvalue weighted by Crippen LogP contribution is 2.67. The molecule has 0 saturated carbocycles. The molecule has 1 aromatic heterocycles. The fourth-order valence-electron chi connectivity index (χ4n) is 3.97. The zero-order valence-electron chi connectivity index (χ0n) is 19.1. The molecule has 11 heteroatoms. The lowest BCUT2D eigenvalue weighted by Crippen LogP contribution is -2.42. The van der Waals surface area contributed by atoms with Crippen molar-refractivity contribution in [3.63, 3.8) is 0 Å². The second-order valence-electron chi connectivity index (χ2n) is 9.36. The average molecular weight is 559 g/mol. The van der Waals surface area contributed by atoms with Crippen LogP contribution in [0.5, 0.6) is 0 Å². The van der Waals surface area contributed by atoms with Crippen molar-refractivity contribution < 1.29 is 31.5 Å². The van der Waals surface area contributed by atoms with Gasteiger partial charge < -0.3 is 4.74 Å². The molecule has 0 saturated heterocycles. The van der Waals surface area contributed by atoms with Crippen molar-refractivity contribution in [3.8, 4) is 11.1 Å². The summed E-state index contributed by atoms with van der Waals surface area (Å²) in [5.41, 5.74) is -4.75. The van der Waals surface area contributed by atoms with E-state index in [9.17, 15) is 27.2 Å². The quantitative estimate of drug-likeness (QED) is 0.219. The number of aromatic nitrogens is 2. The molecular weight excluding hydrogens is 539 g/mol. The Labute approximate surface area is 205 Å². The molecule has 1 unspecified atom stereocenters. The van der Waals surface area contributed by atoms with Gasteiger partial charge in [0.2, 0.25) is 0 Å². The molecule has 5 nitrogen and oxygen atoms in total. The van der Waals surface area contributed by atoms with E-state index in [0.717, 1.165) is 4.57 Å². The molecule has 2 aromatic carbocycles. The van der Waals surface area contributed by atoms with Crippen LogP contribution in [0.25, 0.3) is 22.0 Å². The zero-order chi connectivity index (χ0) is 26.1. The van der Waals surface area contributed by atoms with E-state index in [-0.39, 0.29) is 22.3 Å². The SMILES string of the molecule is Cc1nc2cc3c(c(-c4ccccc4)c2c(=O)n1COC(=O)C(C)(C)C)C(F)(Br)C(F)(F)C3(F)F. The van der Waals surface area contributed by atoms with Crippen LogP contribution in [0.1, 0.15) is 37.7 Å². The fraction of sp³-hybridized carbons (Fsp3) is 0.375. The van der Waals surface area contributed by atoms with Crippen LogP contribution in [-0.4, -0.2) is 21.4 Å². The topological polar surface area (TPSA) is 61.2 Å². The lowest BCUT2D eigenvalue weighted by Gasteiger charge is -2.25. The molecule has 35 heavy (non-hydrogen) atoms. The number of fused-ring (bicyclic) bond motifs is 2. The molecule has 0 N–H and O–H groups in total. The van der Waals surface area contributed by atoms with Crippen molar-refractivity contribution in [2.75, 3.05) is 0 Å². The highest BCUT2D eigenvalue weighted by atomic mass is 79.9. The van der Waals surface area contributed by atoms with Gasteiger partial charge in [-0.05, 0) is 55.3 Å². The number of halogens is 6. The maximum atomic E-state index is 15.5. The highest BCUT2D eigenvalue weighted by Gasteiger charge is 2.77. The van der Waals surface area contributed by atoms with E-state index in [0.29, 0.717) is 6.07 Å². The molecule has 1 heterocycles. The van der Waals surface area contributed by atoms with Crippen LogP contribution >= 0.6 is 15.9 Å². The predicted molar refractivity (Wildman–Crippen MR) is 122 cm³/mol. The number of carbonyl (C=O) groups excluding carboxylic acids is 1. The monoisotopic (exact) mass is 558 g/mol. The van der Waals surface area contributed by atoms with E-state index in [1.165, 1.54) is 31.2 Å². The molecule has 0 spiro atoms. The minimum Gasteiger partial charge on any atom is -0.443 e. The first-order valence-corrected chi connectivity index (χ1v) is 11.3. The van der Waals surface area contributed by atoms with Crippen LogP contribution in [0.3, 0.4) is 0 Å². The van der Waals surface area contributed by atoms with Gasteiger partial charge in [-0.1, -0.05) is 30.3 Å². The summed E-state index contributed by atoms with van der Waals surface area (Å²) in [5, 5.41) is -0.359. The van der Waals surface area contributed by atoms with Gasteiger partial charge in [-0.2, -0.15) is 17.6 Å². The smallest absolute Gasteiger partial charge is 0.361 e. The van der Waals surface area contributed by atoms with Gasteiger partial charge in [0.05, 0.1) is 16.3 Å². The summed E-state index contributed by atoms with van der Waals surface area (Å²) in [5.74, 6) is -10.7. The largest absolute Gasteiger partial charge is 0.443 e. The molecule has 4 rings (SSSR count). The summed E-state index contributed by atoms with van der Waals surface area (Å²) in [6.45, 7) is 5.64. The van der Waals surface area contributed by atoms with Crippen LogP contribution < -0.4 is 5.56 Å². The van der Waals surface area contributed by atoms with Crippen LogP contribution in [-0.2, 0) is 26.8 Å². The second kappa shape index (κ2) is 7.84. The van der Waals surface area contributed by atoms with Crippen molar-refractivity contribution in [1.29, 1.82) is 0 Å². The third kappa shape index (κ3) is 3.57. The van der Waals surface area contributed by atoms with Crippen molar-refractivity contribution in [2.45, 2.75) is 50.8 Å². The van der Waals surface area contributed by atoms with E-state index in [2.05, 4.69) is 20.9 Å². The van der Waals surface area contributed by atoms with Gasteiger partial charge in [-0.15, -0.1) is 0 Å². The van der Waals surface area contributed by atoms with Gasteiger partial charge in [0.25, 0.3) is 10.1 Å². The van der Waals surface area contributed by atoms with Gasteiger partial charge in [0.15, 0.2) is 6.73 Å². The molecule has 1 aliphatic rings. The zero-order valence-corrected chi connectivity index (χ0v) is 20.6. The summed E-state index contributed by atoms with van der Waals surface area (Å²) < 4.78 is 76.8. The van der Waals surface area contributed by atoms with E-state index in [4.69, 9.17) is 4.74 Å². The van der Waals surface area contributed by atoms with E-state index in [1.807, 2.05) is 0 Å². The minimum atomic E-state index is -5.15. The number of aryl methyl sites for hydroxylation is 1. The third-order valence-electron chi connectivity index (χ3n) is 5.88. The maximum Gasteiger partial charge on any atom is 0.361 e. The number of hydrogen-bond donors (Lipinski definition) is 0. The molecule has 1 aliphatic carbocycles. The van der Waals surface area contributed by atoms with Crippen LogP contribution in [0.4, 0.5) is 22.0 Å². The first-order chi connectivity index (χ1) is 16.0. The molecule has 3 aromatic rings. The predicted octanol–water partition coefficient (Wildman–Crippen LogP) is 6.18. The minimum absolute atomic E-state index is 0.0124. The summed E-state index contributed by atoms with van der Waals surface area (Å²) in [6.07, 6.45) is 0. The maximum absolute atomic E-state index is 15.5. The summed E-state index contributed by atoms with van der Waals surface area (Å²) in [4.78, 5) is 29.9. The number of ether oxygens (including phenoxy) is 1. The molecule has 0 fully saturated rings. The Morgan fingerprint density at radius 2 is 1.71 bits per heavy atom. The van der Waals surface area contributed by atoms with Crippen LogP contribution in [0, 0.1) is 12.3 Å². The number of alkyl halides is 6. The first kappa shape index (κ1) is 25.3. The molecular formula is C24H20BrF5N2O3.